The summed E-state index contributed by atoms with van der Waals surface area (Å²) in [7, 11) is 0. The predicted octanol–water partition coefficient (Wildman–Crippen LogP) is 4.81. The summed E-state index contributed by atoms with van der Waals surface area (Å²) in [5.74, 6) is 0.945. The number of benzene rings is 1. The summed E-state index contributed by atoms with van der Waals surface area (Å²) in [5.41, 5.74) is 1.25. The van der Waals surface area contributed by atoms with Gasteiger partial charge in [-0.2, -0.15) is 0 Å². The lowest BCUT2D eigenvalue weighted by atomic mass is 9.80. The van der Waals surface area contributed by atoms with Gasteiger partial charge in [0.2, 0.25) is 11.5 Å². The van der Waals surface area contributed by atoms with Gasteiger partial charge in [0.15, 0.2) is 0 Å². The van der Waals surface area contributed by atoms with E-state index in [-0.39, 0.29) is 23.9 Å². The molecule has 2 aliphatic rings. The fraction of sp³-hybridized carbons (Fsp3) is 0.591. The SMILES string of the molecule is CCCCCOC1CCC2C(=O)C(Oc3ccc(CC)cc3)=COC2C1. The number of ketones is 1. The maximum atomic E-state index is 12.8. The third-order valence-corrected chi connectivity index (χ3v) is 5.33. The Kier molecular flexibility index (Phi) is 6.73. The number of carbonyl (C=O) groups is 1. The number of ether oxygens (including phenoxy) is 3. The minimum atomic E-state index is -0.111. The van der Waals surface area contributed by atoms with E-state index in [1.807, 2.05) is 24.3 Å². The molecule has 0 saturated heterocycles. The number of aryl methyl sites for hydroxylation is 1. The molecule has 1 saturated carbocycles. The zero-order valence-corrected chi connectivity index (χ0v) is 15.9. The molecule has 3 unspecified atom stereocenters. The largest absolute Gasteiger partial charge is 0.493 e. The molecule has 0 radical (unpaired) electrons. The molecular formula is C22H30O4. The molecule has 0 N–H and O–H groups in total. The van der Waals surface area contributed by atoms with Gasteiger partial charge in [-0.1, -0.05) is 38.8 Å². The molecule has 3 atom stereocenters. The number of allylic oxidation sites excluding steroid dienone is 1. The standard InChI is InChI=1S/C22H30O4/c1-3-5-6-13-24-18-11-12-19-20(14-18)25-15-21(22(19)23)26-17-9-7-16(4-2)8-10-17/h7-10,15,18-20H,3-6,11-14H2,1-2H3. The van der Waals surface area contributed by atoms with E-state index in [2.05, 4.69) is 13.8 Å². The lowest BCUT2D eigenvalue weighted by Crippen LogP contribution is -2.42. The average Bonchev–Trinajstić information content (AvgIpc) is 2.68. The highest BCUT2D eigenvalue weighted by molar-refractivity contribution is 5.96. The van der Waals surface area contributed by atoms with Crippen LogP contribution in [0.2, 0.25) is 0 Å². The van der Waals surface area contributed by atoms with Crippen LogP contribution in [-0.4, -0.2) is 24.6 Å². The molecule has 142 valence electrons. The summed E-state index contributed by atoms with van der Waals surface area (Å²) in [6, 6.07) is 7.85. The third kappa shape index (κ3) is 4.67. The molecule has 1 aliphatic carbocycles. The summed E-state index contributed by atoms with van der Waals surface area (Å²) in [6.45, 7) is 5.11. The Balaban J connectivity index is 1.55. The van der Waals surface area contributed by atoms with Crippen molar-refractivity contribution in [2.75, 3.05) is 6.61 Å². The van der Waals surface area contributed by atoms with Crippen molar-refractivity contribution in [1.29, 1.82) is 0 Å². The molecule has 0 amide bonds. The van der Waals surface area contributed by atoms with Crippen LogP contribution < -0.4 is 4.74 Å². The van der Waals surface area contributed by atoms with Crippen molar-refractivity contribution in [3.05, 3.63) is 41.9 Å². The highest BCUT2D eigenvalue weighted by Gasteiger charge is 2.41. The summed E-state index contributed by atoms with van der Waals surface area (Å²) in [6.07, 6.45) is 8.63. The fourth-order valence-corrected chi connectivity index (χ4v) is 3.68. The number of carbonyl (C=O) groups excluding carboxylic acids is 1. The van der Waals surface area contributed by atoms with Gasteiger partial charge in [0.1, 0.15) is 18.1 Å². The summed E-state index contributed by atoms with van der Waals surface area (Å²) < 4.78 is 17.6. The van der Waals surface area contributed by atoms with Gasteiger partial charge in [0.05, 0.1) is 12.0 Å². The lowest BCUT2D eigenvalue weighted by molar-refractivity contribution is -0.133. The Morgan fingerprint density at radius 2 is 1.92 bits per heavy atom. The van der Waals surface area contributed by atoms with Crippen LogP contribution in [0.25, 0.3) is 0 Å². The Hall–Kier alpha value is -1.81. The van der Waals surface area contributed by atoms with Crippen LogP contribution in [-0.2, 0) is 20.7 Å². The van der Waals surface area contributed by atoms with Crippen LogP contribution in [0, 0.1) is 5.92 Å². The van der Waals surface area contributed by atoms with E-state index < -0.39 is 0 Å². The van der Waals surface area contributed by atoms with Crippen molar-refractivity contribution < 1.29 is 19.0 Å². The third-order valence-electron chi connectivity index (χ3n) is 5.33. The molecule has 4 heteroatoms. The van der Waals surface area contributed by atoms with Crippen molar-refractivity contribution in [2.24, 2.45) is 5.92 Å². The maximum Gasteiger partial charge on any atom is 0.207 e. The first-order chi connectivity index (χ1) is 12.7. The number of fused-ring (bicyclic) bond motifs is 1. The second-order valence-electron chi connectivity index (χ2n) is 7.24. The molecule has 1 aromatic carbocycles. The van der Waals surface area contributed by atoms with Crippen LogP contribution in [0.4, 0.5) is 0 Å². The molecular weight excluding hydrogens is 328 g/mol. The van der Waals surface area contributed by atoms with Crippen molar-refractivity contribution in [2.45, 2.75) is 71.0 Å². The first-order valence-electron chi connectivity index (χ1n) is 9.99. The van der Waals surface area contributed by atoms with Crippen molar-refractivity contribution in [3.63, 3.8) is 0 Å². The van der Waals surface area contributed by atoms with Crippen molar-refractivity contribution in [1.82, 2.24) is 0 Å². The molecule has 1 aromatic rings. The van der Waals surface area contributed by atoms with Gasteiger partial charge in [-0.3, -0.25) is 4.79 Å². The second kappa shape index (κ2) is 9.22. The van der Waals surface area contributed by atoms with E-state index in [1.165, 1.54) is 24.7 Å². The summed E-state index contributed by atoms with van der Waals surface area (Å²) in [4.78, 5) is 12.8. The molecule has 0 bridgehead atoms. The molecule has 0 aromatic heterocycles. The number of unbranched alkanes of at least 4 members (excludes halogenated alkanes) is 2. The summed E-state index contributed by atoms with van der Waals surface area (Å²) in [5, 5.41) is 0. The molecule has 4 nitrogen and oxygen atoms in total. The Bertz CT molecular complexity index is 620. The van der Waals surface area contributed by atoms with Gasteiger partial charge in [-0.15, -0.1) is 0 Å². The number of rotatable bonds is 8. The average molecular weight is 358 g/mol. The molecule has 1 heterocycles. The Labute approximate surface area is 156 Å². The highest BCUT2D eigenvalue weighted by atomic mass is 16.5. The normalized spacial score (nSPS) is 25.2. The van der Waals surface area contributed by atoms with Crippen LogP contribution in [0.5, 0.6) is 5.75 Å². The lowest BCUT2D eigenvalue weighted by Gasteiger charge is -2.37. The van der Waals surface area contributed by atoms with Gasteiger partial charge < -0.3 is 14.2 Å². The number of hydrogen-bond donors (Lipinski definition) is 0. The van der Waals surface area contributed by atoms with Crippen molar-refractivity contribution in [3.8, 4) is 5.75 Å². The van der Waals surface area contributed by atoms with Crippen LogP contribution in [0.1, 0.15) is 57.9 Å². The van der Waals surface area contributed by atoms with E-state index in [4.69, 9.17) is 14.2 Å². The molecule has 3 rings (SSSR count). The molecule has 0 spiro atoms. The molecule has 26 heavy (non-hydrogen) atoms. The quantitative estimate of drug-likeness (QED) is 0.626. The zero-order valence-electron chi connectivity index (χ0n) is 15.9. The van der Waals surface area contributed by atoms with E-state index in [1.54, 1.807) is 0 Å². The van der Waals surface area contributed by atoms with Crippen LogP contribution in [0.3, 0.4) is 0 Å². The van der Waals surface area contributed by atoms with Crippen LogP contribution in [0.15, 0.2) is 36.3 Å². The fourth-order valence-electron chi connectivity index (χ4n) is 3.68. The zero-order chi connectivity index (χ0) is 18.4. The van der Waals surface area contributed by atoms with E-state index in [0.717, 1.165) is 38.7 Å². The first-order valence-corrected chi connectivity index (χ1v) is 9.99. The van der Waals surface area contributed by atoms with Gasteiger partial charge in [0.25, 0.3) is 0 Å². The van der Waals surface area contributed by atoms with E-state index in [9.17, 15) is 4.79 Å². The topological polar surface area (TPSA) is 44.8 Å². The minimum absolute atomic E-state index is 0.0604. The minimum Gasteiger partial charge on any atom is -0.493 e. The van der Waals surface area contributed by atoms with Gasteiger partial charge in [-0.05, 0) is 43.4 Å². The molecule has 1 aliphatic heterocycles. The van der Waals surface area contributed by atoms with Gasteiger partial charge in [-0.25, -0.2) is 0 Å². The Morgan fingerprint density at radius 1 is 1.12 bits per heavy atom. The van der Waals surface area contributed by atoms with E-state index in [0.29, 0.717) is 11.5 Å². The predicted molar refractivity (Wildman–Crippen MR) is 101 cm³/mol. The second-order valence-corrected chi connectivity index (χ2v) is 7.24. The summed E-state index contributed by atoms with van der Waals surface area (Å²) >= 11 is 0. The first kappa shape index (κ1) is 19.0. The van der Waals surface area contributed by atoms with Crippen LogP contribution >= 0.6 is 0 Å². The maximum absolute atomic E-state index is 12.8. The van der Waals surface area contributed by atoms with E-state index >= 15 is 0 Å². The van der Waals surface area contributed by atoms with Gasteiger partial charge in [0, 0.05) is 13.0 Å². The number of hydrogen-bond acceptors (Lipinski definition) is 4. The highest BCUT2D eigenvalue weighted by Crippen LogP contribution is 2.35. The Morgan fingerprint density at radius 3 is 2.65 bits per heavy atom. The smallest absolute Gasteiger partial charge is 0.207 e. The van der Waals surface area contributed by atoms with Gasteiger partial charge >= 0.3 is 0 Å². The van der Waals surface area contributed by atoms with Crippen molar-refractivity contribution >= 4 is 5.78 Å². The monoisotopic (exact) mass is 358 g/mol. The molecule has 1 fully saturated rings. The number of Topliss-reactive ketones (excluding diaryl/α,β-unsaturated/α-hetero) is 1.